The number of rotatable bonds is 0. The summed E-state index contributed by atoms with van der Waals surface area (Å²) in [5, 5.41) is 19.2. The molecule has 2 heterocycles. The van der Waals surface area contributed by atoms with Gasteiger partial charge in [-0.05, 0) is 13.8 Å². The zero-order valence-electron chi connectivity index (χ0n) is 7.64. The number of aliphatic hydroxyl groups excluding tert-OH is 2. The molecule has 2 fully saturated rings. The Morgan fingerprint density at radius 1 is 1.23 bits per heavy atom. The number of ether oxygens (including phenoxy) is 2. The average molecular weight is 206 g/mol. The van der Waals surface area contributed by atoms with Crippen molar-refractivity contribution in [1.82, 2.24) is 0 Å². The molecule has 0 unspecified atom stereocenters. The lowest BCUT2D eigenvalue weighted by Crippen LogP contribution is -2.46. The van der Waals surface area contributed by atoms with E-state index < -0.39 is 23.4 Å². The van der Waals surface area contributed by atoms with E-state index in [2.05, 4.69) is 0 Å². The minimum absolute atomic E-state index is 0.383. The van der Waals surface area contributed by atoms with Crippen molar-refractivity contribution >= 4 is 11.8 Å². The standard InChI is InChI=1S/C8H14O4S/c1-8(2)11-5-4(9)3-13-7(10)6(5)12-8/h4-7,9-10H,3H2,1-2H3/t4-,5+,6-,7-/m1/s1. The summed E-state index contributed by atoms with van der Waals surface area (Å²) in [5.41, 5.74) is -0.588. The summed E-state index contributed by atoms with van der Waals surface area (Å²) in [7, 11) is 0. The van der Waals surface area contributed by atoms with E-state index in [0.29, 0.717) is 5.75 Å². The van der Waals surface area contributed by atoms with Crippen LogP contribution in [-0.2, 0) is 9.47 Å². The largest absolute Gasteiger partial charge is 0.389 e. The van der Waals surface area contributed by atoms with E-state index in [9.17, 15) is 10.2 Å². The van der Waals surface area contributed by atoms with E-state index in [4.69, 9.17) is 9.47 Å². The van der Waals surface area contributed by atoms with Crippen molar-refractivity contribution in [2.24, 2.45) is 0 Å². The third-order valence-corrected chi connectivity index (χ3v) is 3.41. The molecule has 0 aliphatic carbocycles. The molecule has 2 saturated heterocycles. The lowest BCUT2D eigenvalue weighted by Gasteiger charge is -2.30. The molecular formula is C8H14O4S. The van der Waals surface area contributed by atoms with Gasteiger partial charge in [0.25, 0.3) is 0 Å². The lowest BCUT2D eigenvalue weighted by molar-refractivity contribution is -0.155. The van der Waals surface area contributed by atoms with Crippen LogP contribution in [0.4, 0.5) is 0 Å². The van der Waals surface area contributed by atoms with E-state index in [1.807, 2.05) is 0 Å². The molecule has 2 aliphatic heterocycles. The van der Waals surface area contributed by atoms with Crippen molar-refractivity contribution in [1.29, 1.82) is 0 Å². The third kappa shape index (κ3) is 1.71. The Bertz CT molecular complexity index is 188. The predicted molar refractivity (Wildman–Crippen MR) is 48.3 cm³/mol. The van der Waals surface area contributed by atoms with Crippen molar-refractivity contribution in [3.05, 3.63) is 0 Å². The summed E-state index contributed by atoms with van der Waals surface area (Å²) in [6.07, 6.45) is -1.32. The van der Waals surface area contributed by atoms with Crippen LogP contribution in [0.15, 0.2) is 0 Å². The first-order valence-electron chi connectivity index (χ1n) is 4.33. The summed E-state index contributed by atoms with van der Waals surface area (Å²) in [5.74, 6) is -0.191. The van der Waals surface area contributed by atoms with E-state index in [-0.39, 0.29) is 6.10 Å². The quantitative estimate of drug-likeness (QED) is 0.581. The summed E-state index contributed by atoms with van der Waals surface area (Å²) in [6, 6.07) is 0. The molecule has 4 nitrogen and oxygen atoms in total. The molecule has 0 amide bonds. The molecule has 4 atom stereocenters. The Labute approximate surface area is 81.2 Å². The fraction of sp³-hybridized carbons (Fsp3) is 1.00. The average Bonchev–Trinajstić information content (AvgIpc) is 2.35. The van der Waals surface area contributed by atoms with E-state index in [1.165, 1.54) is 11.8 Å². The Morgan fingerprint density at radius 2 is 1.85 bits per heavy atom. The molecule has 0 aromatic heterocycles. The Morgan fingerprint density at radius 3 is 2.46 bits per heavy atom. The van der Waals surface area contributed by atoms with Crippen molar-refractivity contribution in [2.45, 2.75) is 43.4 Å². The monoisotopic (exact) mass is 206 g/mol. The maximum atomic E-state index is 9.59. The first-order valence-corrected chi connectivity index (χ1v) is 5.38. The normalized spacial score (nSPS) is 48.9. The molecule has 0 radical (unpaired) electrons. The van der Waals surface area contributed by atoms with Crippen LogP contribution in [-0.4, -0.2) is 45.5 Å². The molecule has 2 rings (SSSR count). The summed E-state index contributed by atoms with van der Waals surface area (Å²) in [4.78, 5) is 0. The summed E-state index contributed by atoms with van der Waals surface area (Å²) < 4.78 is 11.0. The molecular weight excluding hydrogens is 192 g/mol. The van der Waals surface area contributed by atoms with Crippen molar-refractivity contribution in [3.8, 4) is 0 Å². The minimum atomic E-state index is -0.692. The molecule has 0 aromatic rings. The van der Waals surface area contributed by atoms with Crippen molar-refractivity contribution < 1.29 is 19.7 Å². The van der Waals surface area contributed by atoms with Gasteiger partial charge in [0.05, 0.1) is 6.10 Å². The summed E-state index contributed by atoms with van der Waals surface area (Å²) >= 11 is 1.30. The van der Waals surface area contributed by atoms with Gasteiger partial charge in [-0.1, -0.05) is 0 Å². The highest BCUT2D eigenvalue weighted by molar-refractivity contribution is 7.99. The van der Waals surface area contributed by atoms with Gasteiger partial charge in [-0.3, -0.25) is 0 Å². The highest BCUT2D eigenvalue weighted by Crippen LogP contribution is 2.38. The number of aliphatic hydroxyl groups is 2. The maximum absolute atomic E-state index is 9.59. The smallest absolute Gasteiger partial charge is 0.164 e. The zero-order valence-corrected chi connectivity index (χ0v) is 8.45. The van der Waals surface area contributed by atoms with Gasteiger partial charge in [0.15, 0.2) is 5.79 Å². The highest BCUT2D eigenvalue weighted by Gasteiger charge is 2.50. The molecule has 0 aromatic carbocycles. The zero-order chi connectivity index (χ0) is 9.64. The van der Waals surface area contributed by atoms with E-state index in [1.54, 1.807) is 13.8 Å². The third-order valence-electron chi connectivity index (χ3n) is 2.26. The topological polar surface area (TPSA) is 58.9 Å². The Balaban J connectivity index is 2.14. The SMILES string of the molecule is CC1(C)O[C@@H]2[C@@H](O1)[C@H](O)SC[C@H]2O. The fourth-order valence-corrected chi connectivity index (χ4v) is 2.71. The molecule has 2 N–H and O–H groups in total. The van der Waals surface area contributed by atoms with Gasteiger partial charge in [-0.2, -0.15) is 0 Å². The van der Waals surface area contributed by atoms with Gasteiger partial charge in [-0.15, -0.1) is 11.8 Å². The van der Waals surface area contributed by atoms with E-state index in [0.717, 1.165) is 0 Å². The van der Waals surface area contributed by atoms with Gasteiger partial charge >= 0.3 is 0 Å². The van der Waals surface area contributed by atoms with Gasteiger partial charge < -0.3 is 19.7 Å². The van der Waals surface area contributed by atoms with Gasteiger partial charge in [0.1, 0.15) is 17.6 Å². The fourth-order valence-electron chi connectivity index (χ4n) is 1.72. The summed E-state index contributed by atoms with van der Waals surface area (Å²) in [6.45, 7) is 3.57. The second-order valence-electron chi connectivity index (χ2n) is 3.86. The van der Waals surface area contributed by atoms with Crippen LogP contribution in [0.2, 0.25) is 0 Å². The first-order chi connectivity index (χ1) is 5.99. The predicted octanol–water partition coefficient (Wildman–Crippen LogP) is -0.0674. The van der Waals surface area contributed by atoms with Crippen LogP contribution in [0, 0.1) is 0 Å². The maximum Gasteiger partial charge on any atom is 0.164 e. The lowest BCUT2D eigenvalue weighted by atomic mass is 10.1. The number of hydrogen-bond acceptors (Lipinski definition) is 5. The molecule has 76 valence electrons. The van der Waals surface area contributed by atoms with Gasteiger partial charge in [0.2, 0.25) is 0 Å². The molecule has 0 saturated carbocycles. The Kier molecular flexibility index (Phi) is 2.32. The van der Waals surface area contributed by atoms with Gasteiger partial charge in [-0.25, -0.2) is 0 Å². The molecule has 13 heavy (non-hydrogen) atoms. The Hall–Kier alpha value is 0.190. The molecule has 5 heteroatoms. The minimum Gasteiger partial charge on any atom is -0.389 e. The molecule has 2 aliphatic rings. The highest BCUT2D eigenvalue weighted by atomic mass is 32.2. The van der Waals surface area contributed by atoms with Crippen LogP contribution < -0.4 is 0 Å². The van der Waals surface area contributed by atoms with Crippen molar-refractivity contribution in [3.63, 3.8) is 0 Å². The number of thioether (sulfide) groups is 1. The van der Waals surface area contributed by atoms with Crippen LogP contribution >= 0.6 is 11.8 Å². The van der Waals surface area contributed by atoms with Crippen LogP contribution in [0.5, 0.6) is 0 Å². The van der Waals surface area contributed by atoms with Gasteiger partial charge in [0, 0.05) is 5.75 Å². The number of hydrogen-bond donors (Lipinski definition) is 2. The van der Waals surface area contributed by atoms with Crippen molar-refractivity contribution in [2.75, 3.05) is 5.75 Å². The first kappa shape index (κ1) is 9.73. The number of fused-ring (bicyclic) bond motifs is 1. The second kappa shape index (κ2) is 3.10. The van der Waals surface area contributed by atoms with Crippen LogP contribution in [0.1, 0.15) is 13.8 Å². The van der Waals surface area contributed by atoms with E-state index >= 15 is 0 Å². The van der Waals surface area contributed by atoms with Crippen LogP contribution in [0.25, 0.3) is 0 Å². The second-order valence-corrected chi connectivity index (χ2v) is 5.01. The molecule has 0 spiro atoms. The van der Waals surface area contributed by atoms with Crippen LogP contribution in [0.3, 0.4) is 0 Å². The molecule has 0 bridgehead atoms.